The molecule has 2 aromatic rings. The molecule has 0 radical (unpaired) electrons. The van der Waals surface area contributed by atoms with Crippen LogP contribution in [0.2, 0.25) is 0 Å². The summed E-state index contributed by atoms with van der Waals surface area (Å²) in [5.41, 5.74) is 0.232. The third kappa shape index (κ3) is 3.07. The summed E-state index contributed by atoms with van der Waals surface area (Å²) < 4.78 is 33.5. The van der Waals surface area contributed by atoms with Crippen LogP contribution in [0.5, 0.6) is 0 Å². The Hall–Kier alpha value is -2.42. The number of benzene rings is 1. The Bertz CT molecular complexity index is 964. The maximum atomic E-state index is 13.7. The van der Waals surface area contributed by atoms with Gasteiger partial charge in [0.05, 0.1) is 18.1 Å². The van der Waals surface area contributed by atoms with Gasteiger partial charge in [-0.2, -0.15) is 0 Å². The standard InChI is InChI=1S/C19H24F2N4O3/c1-19(5-8-23(11-19)18(27)28-2)24-6-3-12(4-7-24)25-16-10-14(21)13(20)9-15(16)22-17(25)26/h9-10,12H,3-8,11H2,1-2H3,(H,22,26). The molecule has 0 spiro atoms. The van der Waals surface area contributed by atoms with E-state index in [1.807, 2.05) is 0 Å². The van der Waals surface area contributed by atoms with E-state index in [1.165, 1.54) is 7.11 Å². The van der Waals surface area contributed by atoms with Crippen LogP contribution in [-0.4, -0.2) is 64.3 Å². The molecule has 0 aliphatic carbocycles. The van der Waals surface area contributed by atoms with Crippen molar-refractivity contribution in [2.45, 2.75) is 37.8 Å². The Labute approximate surface area is 160 Å². The molecule has 0 bridgehead atoms. The van der Waals surface area contributed by atoms with Crippen molar-refractivity contribution in [3.63, 3.8) is 0 Å². The third-order valence-electron chi connectivity index (χ3n) is 6.24. The summed E-state index contributed by atoms with van der Waals surface area (Å²) in [6, 6.07) is 2.03. The number of ether oxygens (including phenoxy) is 1. The van der Waals surface area contributed by atoms with Gasteiger partial charge < -0.3 is 14.6 Å². The fourth-order valence-corrected chi connectivity index (χ4v) is 4.64. The smallest absolute Gasteiger partial charge is 0.409 e. The molecule has 2 aliphatic rings. The molecule has 2 fully saturated rings. The van der Waals surface area contributed by atoms with Crippen LogP contribution in [0.3, 0.4) is 0 Å². The molecule has 1 N–H and O–H groups in total. The number of imidazole rings is 1. The highest BCUT2D eigenvalue weighted by Crippen LogP contribution is 2.34. The maximum absolute atomic E-state index is 13.7. The zero-order valence-electron chi connectivity index (χ0n) is 16.0. The highest BCUT2D eigenvalue weighted by atomic mass is 19.2. The van der Waals surface area contributed by atoms with Crippen molar-refractivity contribution < 1.29 is 18.3 Å². The van der Waals surface area contributed by atoms with E-state index in [9.17, 15) is 18.4 Å². The van der Waals surface area contributed by atoms with Gasteiger partial charge in [-0.15, -0.1) is 0 Å². The van der Waals surface area contributed by atoms with Crippen molar-refractivity contribution in [1.29, 1.82) is 0 Å². The number of aromatic amines is 1. The first kappa shape index (κ1) is 18.9. The van der Waals surface area contributed by atoms with E-state index in [1.54, 1.807) is 9.47 Å². The molecule has 1 amide bonds. The second-order valence-corrected chi connectivity index (χ2v) is 7.94. The van der Waals surface area contributed by atoms with E-state index in [0.717, 1.165) is 44.5 Å². The molecule has 28 heavy (non-hydrogen) atoms. The van der Waals surface area contributed by atoms with E-state index in [4.69, 9.17) is 4.74 Å². The lowest BCUT2D eigenvalue weighted by Gasteiger charge is -2.43. The van der Waals surface area contributed by atoms with Gasteiger partial charge >= 0.3 is 11.8 Å². The number of fused-ring (bicyclic) bond motifs is 1. The van der Waals surface area contributed by atoms with Gasteiger partial charge in [-0.05, 0) is 26.2 Å². The quantitative estimate of drug-likeness (QED) is 0.850. The van der Waals surface area contributed by atoms with Crippen molar-refractivity contribution in [3.05, 3.63) is 34.3 Å². The van der Waals surface area contributed by atoms with Gasteiger partial charge in [-0.25, -0.2) is 18.4 Å². The highest BCUT2D eigenvalue weighted by molar-refractivity contribution is 5.75. The number of amides is 1. The molecule has 0 saturated carbocycles. The van der Waals surface area contributed by atoms with E-state index in [-0.39, 0.29) is 23.4 Å². The number of rotatable bonds is 2. The molecule has 1 unspecified atom stereocenters. The van der Waals surface area contributed by atoms with Gasteiger partial charge in [0.25, 0.3) is 0 Å². The molecule has 1 aromatic carbocycles. The Morgan fingerprint density at radius 1 is 1.21 bits per heavy atom. The minimum Gasteiger partial charge on any atom is -0.453 e. The average Bonchev–Trinajstić information content (AvgIpc) is 3.22. The van der Waals surface area contributed by atoms with Gasteiger partial charge in [0.2, 0.25) is 0 Å². The summed E-state index contributed by atoms with van der Waals surface area (Å²) in [5, 5.41) is 0. The number of nitrogens with one attached hydrogen (secondary N) is 1. The van der Waals surface area contributed by atoms with Gasteiger partial charge in [0.15, 0.2) is 11.6 Å². The molecule has 3 heterocycles. The van der Waals surface area contributed by atoms with Gasteiger partial charge in [0.1, 0.15) is 0 Å². The van der Waals surface area contributed by atoms with Crippen LogP contribution in [0.15, 0.2) is 16.9 Å². The van der Waals surface area contributed by atoms with Crippen LogP contribution >= 0.6 is 0 Å². The number of nitrogens with zero attached hydrogens (tertiary/aromatic N) is 3. The normalized spacial score (nSPS) is 24.2. The Kier molecular flexibility index (Phi) is 4.65. The summed E-state index contributed by atoms with van der Waals surface area (Å²) in [5.74, 6) is -1.93. The molecule has 9 heteroatoms. The van der Waals surface area contributed by atoms with E-state index < -0.39 is 11.6 Å². The minimum atomic E-state index is -0.972. The number of aromatic nitrogens is 2. The molecular formula is C19H24F2N4O3. The number of likely N-dealkylation sites (tertiary alicyclic amines) is 2. The number of carbonyl (C=O) groups excluding carboxylic acids is 1. The zero-order chi connectivity index (χ0) is 20.1. The van der Waals surface area contributed by atoms with Crippen molar-refractivity contribution in [1.82, 2.24) is 19.4 Å². The topological polar surface area (TPSA) is 70.6 Å². The van der Waals surface area contributed by atoms with E-state index >= 15 is 0 Å². The number of halogens is 2. The maximum Gasteiger partial charge on any atom is 0.409 e. The highest BCUT2D eigenvalue weighted by Gasteiger charge is 2.42. The third-order valence-corrected chi connectivity index (χ3v) is 6.24. The first-order valence-electron chi connectivity index (χ1n) is 9.49. The van der Waals surface area contributed by atoms with Crippen LogP contribution in [0.1, 0.15) is 32.2 Å². The predicted molar refractivity (Wildman–Crippen MR) is 99.3 cm³/mol. The first-order chi connectivity index (χ1) is 13.3. The van der Waals surface area contributed by atoms with Crippen LogP contribution in [-0.2, 0) is 4.74 Å². The average molecular weight is 394 g/mol. The van der Waals surface area contributed by atoms with Gasteiger partial charge in [0, 0.05) is 49.9 Å². The Morgan fingerprint density at radius 3 is 2.57 bits per heavy atom. The lowest BCUT2D eigenvalue weighted by molar-refractivity contribution is 0.0662. The largest absolute Gasteiger partial charge is 0.453 e. The van der Waals surface area contributed by atoms with Crippen LogP contribution in [0.4, 0.5) is 13.6 Å². The second-order valence-electron chi connectivity index (χ2n) is 7.94. The van der Waals surface area contributed by atoms with E-state index in [0.29, 0.717) is 24.1 Å². The minimum absolute atomic E-state index is 0.0796. The lowest BCUT2D eigenvalue weighted by Crippen LogP contribution is -2.52. The first-order valence-corrected chi connectivity index (χ1v) is 9.49. The van der Waals surface area contributed by atoms with Crippen molar-refractivity contribution >= 4 is 17.1 Å². The number of hydrogen-bond donors (Lipinski definition) is 1. The summed E-state index contributed by atoms with van der Waals surface area (Å²) in [6.07, 6.45) is 2.00. The molecule has 2 aliphatic heterocycles. The SMILES string of the molecule is COC(=O)N1CCC(C)(N2CCC(n3c(=O)[nH]c4cc(F)c(F)cc43)CC2)C1. The predicted octanol–water partition coefficient (Wildman–Crippen LogP) is 2.48. The molecule has 7 nitrogen and oxygen atoms in total. The number of H-pyrrole nitrogens is 1. The fraction of sp³-hybridized carbons (Fsp3) is 0.579. The summed E-state index contributed by atoms with van der Waals surface area (Å²) >= 11 is 0. The summed E-state index contributed by atoms with van der Waals surface area (Å²) in [7, 11) is 1.39. The van der Waals surface area contributed by atoms with Crippen LogP contribution in [0, 0.1) is 11.6 Å². The van der Waals surface area contributed by atoms with Crippen molar-refractivity contribution in [2.75, 3.05) is 33.3 Å². The Morgan fingerprint density at radius 2 is 1.89 bits per heavy atom. The summed E-state index contributed by atoms with van der Waals surface area (Å²) in [4.78, 5) is 30.9. The van der Waals surface area contributed by atoms with Crippen molar-refractivity contribution in [3.8, 4) is 0 Å². The van der Waals surface area contributed by atoms with Crippen LogP contribution < -0.4 is 5.69 Å². The number of carbonyl (C=O) groups is 1. The Balaban J connectivity index is 1.50. The van der Waals surface area contributed by atoms with E-state index in [2.05, 4.69) is 16.8 Å². The van der Waals surface area contributed by atoms with Crippen molar-refractivity contribution in [2.24, 2.45) is 0 Å². The number of hydrogen-bond acceptors (Lipinski definition) is 4. The molecule has 152 valence electrons. The zero-order valence-corrected chi connectivity index (χ0v) is 16.0. The number of piperidine rings is 1. The lowest BCUT2D eigenvalue weighted by atomic mass is 9.94. The molecule has 1 atom stereocenters. The second kappa shape index (κ2) is 6.88. The van der Waals surface area contributed by atoms with Crippen LogP contribution in [0.25, 0.3) is 11.0 Å². The molecule has 1 aromatic heterocycles. The number of methoxy groups -OCH3 is 1. The fourth-order valence-electron chi connectivity index (χ4n) is 4.64. The monoisotopic (exact) mass is 394 g/mol. The summed E-state index contributed by atoms with van der Waals surface area (Å²) in [6.45, 7) is 4.95. The van der Waals surface area contributed by atoms with Gasteiger partial charge in [-0.3, -0.25) is 9.47 Å². The molecule has 2 saturated heterocycles. The van der Waals surface area contributed by atoms with Gasteiger partial charge in [-0.1, -0.05) is 0 Å². The molecular weight excluding hydrogens is 370 g/mol. The molecule has 4 rings (SSSR count).